The van der Waals surface area contributed by atoms with E-state index in [9.17, 15) is 14.7 Å². The van der Waals surface area contributed by atoms with Crippen molar-refractivity contribution in [3.63, 3.8) is 0 Å². The normalized spacial score (nSPS) is 10.9. The van der Waals surface area contributed by atoms with Gasteiger partial charge in [-0.05, 0) is 53.1 Å². The Hall–Kier alpha value is -5.47. The molecule has 0 unspecified atom stereocenters. The maximum Gasteiger partial charge on any atom is 0.293 e. The van der Waals surface area contributed by atoms with Crippen LogP contribution >= 0.6 is 0 Å². The minimum atomic E-state index is -0.693. The summed E-state index contributed by atoms with van der Waals surface area (Å²) in [4.78, 5) is 24.7. The summed E-state index contributed by atoms with van der Waals surface area (Å²) in [6.45, 7) is 2.12. The molecule has 0 saturated heterocycles. The highest BCUT2D eigenvalue weighted by atomic mass is 16.6. The fourth-order valence-corrected chi connectivity index (χ4v) is 3.28. The van der Waals surface area contributed by atoms with E-state index in [0.29, 0.717) is 17.9 Å². The average Bonchev–Trinajstić information content (AvgIpc) is 3.50. The number of nitrogen functional groups attached to an aromatic ring is 1. The molecule has 2 aromatic carbocycles. The SMILES string of the molecule is CCOc1cc(C=NNC(=O)c2nnn(-c3nonc3N)c2CNc2ccccc2C(N)=O)ccc1O. The standard InChI is InChI=1S/C22H22N10O5/c1-2-36-17-9-12(7-8-16(17)33)10-26-28-22(35)18-15(32(31-27-18)21-19(23)29-37-30-21)11-25-14-6-4-3-5-13(14)20(24)34/h3-10,25,33H,2,11H2,1H3,(H2,23,29)(H2,24,34)(H,28,35). The number of nitrogens with zero attached hydrogens (tertiary/aromatic N) is 6. The molecule has 0 aliphatic heterocycles. The summed E-state index contributed by atoms with van der Waals surface area (Å²) in [5, 5.41) is 31.9. The number of phenols is 1. The molecular weight excluding hydrogens is 484 g/mol. The summed E-state index contributed by atoms with van der Waals surface area (Å²) in [7, 11) is 0. The van der Waals surface area contributed by atoms with E-state index in [1.54, 1.807) is 43.3 Å². The van der Waals surface area contributed by atoms with Gasteiger partial charge in [0.1, 0.15) is 0 Å². The number of rotatable bonds is 10. The van der Waals surface area contributed by atoms with Gasteiger partial charge in [-0.2, -0.15) is 9.78 Å². The van der Waals surface area contributed by atoms with Gasteiger partial charge in [-0.1, -0.05) is 17.3 Å². The lowest BCUT2D eigenvalue weighted by atomic mass is 10.1. The largest absolute Gasteiger partial charge is 0.504 e. The third-order valence-corrected chi connectivity index (χ3v) is 4.98. The van der Waals surface area contributed by atoms with Crippen molar-refractivity contribution in [2.75, 3.05) is 17.7 Å². The molecule has 15 nitrogen and oxygen atoms in total. The van der Waals surface area contributed by atoms with Crippen LogP contribution in [0.25, 0.3) is 5.82 Å². The molecule has 2 aromatic heterocycles. The second kappa shape index (κ2) is 10.9. The van der Waals surface area contributed by atoms with Crippen LogP contribution < -0.4 is 26.9 Å². The number of anilines is 2. The Morgan fingerprint density at radius 2 is 2.05 bits per heavy atom. The molecule has 0 aliphatic rings. The average molecular weight is 506 g/mol. The number of carbonyl (C=O) groups is 2. The van der Waals surface area contributed by atoms with Crippen molar-refractivity contribution in [3.8, 4) is 17.3 Å². The Bertz CT molecular complexity index is 1460. The summed E-state index contributed by atoms with van der Waals surface area (Å²) in [6, 6.07) is 11.2. The number of hydrogen-bond acceptors (Lipinski definition) is 12. The maximum absolute atomic E-state index is 12.9. The van der Waals surface area contributed by atoms with Crippen molar-refractivity contribution in [2.45, 2.75) is 13.5 Å². The molecule has 190 valence electrons. The predicted molar refractivity (Wildman–Crippen MR) is 130 cm³/mol. The fraction of sp³-hybridized carbons (Fsp3) is 0.136. The van der Waals surface area contributed by atoms with Gasteiger partial charge in [-0.25, -0.2) is 10.1 Å². The Morgan fingerprint density at radius 3 is 2.78 bits per heavy atom. The second-order valence-electron chi connectivity index (χ2n) is 7.39. The third kappa shape index (κ3) is 5.45. The maximum atomic E-state index is 12.9. The number of aromatic nitrogens is 5. The number of para-hydroxylation sites is 1. The fourth-order valence-electron chi connectivity index (χ4n) is 3.28. The Morgan fingerprint density at radius 1 is 1.24 bits per heavy atom. The summed E-state index contributed by atoms with van der Waals surface area (Å²) >= 11 is 0. The van der Waals surface area contributed by atoms with Crippen LogP contribution in [0, 0.1) is 0 Å². The van der Waals surface area contributed by atoms with Crippen LogP contribution in [-0.4, -0.2) is 55.0 Å². The van der Waals surface area contributed by atoms with Crippen molar-refractivity contribution < 1.29 is 24.1 Å². The quantitative estimate of drug-likeness (QED) is 0.149. The Balaban J connectivity index is 1.58. The molecule has 0 saturated carbocycles. The van der Waals surface area contributed by atoms with Crippen molar-refractivity contribution in [1.29, 1.82) is 0 Å². The highest BCUT2D eigenvalue weighted by molar-refractivity contribution is 5.98. The second-order valence-corrected chi connectivity index (χ2v) is 7.39. The van der Waals surface area contributed by atoms with Crippen molar-refractivity contribution in [2.24, 2.45) is 10.8 Å². The summed E-state index contributed by atoms with van der Waals surface area (Å²) in [5.74, 6) is -1.12. The highest BCUT2D eigenvalue weighted by Crippen LogP contribution is 2.26. The Kier molecular flexibility index (Phi) is 7.23. The van der Waals surface area contributed by atoms with E-state index >= 15 is 0 Å². The minimum Gasteiger partial charge on any atom is -0.504 e. The molecule has 0 fully saturated rings. The molecular formula is C22H22N10O5. The lowest BCUT2D eigenvalue weighted by Crippen LogP contribution is -2.22. The number of ether oxygens (including phenoxy) is 1. The van der Waals surface area contributed by atoms with Crippen LogP contribution in [0.1, 0.15) is 39.0 Å². The number of aromatic hydroxyl groups is 1. The number of benzene rings is 2. The van der Waals surface area contributed by atoms with Crippen LogP contribution in [0.4, 0.5) is 11.5 Å². The molecule has 37 heavy (non-hydrogen) atoms. The summed E-state index contributed by atoms with van der Waals surface area (Å²) in [5.41, 5.74) is 15.0. The zero-order chi connectivity index (χ0) is 26.4. The molecule has 4 rings (SSSR count). The van der Waals surface area contributed by atoms with Crippen LogP contribution in [0.3, 0.4) is 0 Å². The van der Waals surface area contributed by atoms with Crippen molar-refractivity contribution in [3.05, 3.63) is 65.0 Å². The number of phenolic OH excluding ortho intramolecular Hbond substituents is 1. The minimum absolute atomic E-state index is 0.0163. The summed E-state index contributed by atoms with van der Waals surface area (Å²) < 4.78 is 11.2. The van der Waals surface area contributed by atoms with Gasteiger partial charge in [0.25, 0.3) is 11.8 Å². The first-order valence-electron chi connectivity index (χ1n) is 10.8. The number of carbonyl (C=O) groups excluding carboxylic acids is 2. The van der Waals surface area contributed by atoms with Crippen LogP contribution in [-0.2, 0) is 6.54 Å². The van der Waals surface area contributed by atoms with E-state index in [2.05, 4.69) is 41.1 Å². The number of hydrogen-bond donors (Lipinski definition) is 5. The molecule has 0 aliphatic carbocycles. The topological polar surface area (TPSA) is 222 Å². The molecule has 0 bridgehead atoms. The van der Waals surface area contributed by atoms with E-state index in [1.165, 1.54) is 17.0 Å². The molecule has 7 N–H and O–H groups in total. The monoisotopic (exact) mass is 506 g/mol. The number of hydrazone groups is 1. The van der Waals surface area contributed by atoms with E-state index in [0.717, 1.165) is 0 Å². The third-order valence-electron chi connectivity index (χ3n) is 4.98. The predicted octanol–water partition coefficient (Wildman–Crippen LogP) is 0.812. The number of nitrogens with two attached hydrogens (primary N) is 2. The van der Waals surface area contributed by atoms with Crippen molar-refractivity contribution >= 4 is 29.5 Å². The first-order valence-corrected chi connectivity index (χ1v) is 10.8. The van der Waals surface area contributed by atoms with Gasteiger partial charge in [0.05, 0.1) is 30.6 Å². The Labute approximate surface area is 209 Å². The zero-order valence-electron chi connectivity index (χ0n) is 19.5. The molecule has 0 atom stereocenters. The van der Waals surface area contributed by atoms with E-state index in [1.807, 2.05) is 0 Å². The zero-order valence-corrected chi connectivity index (χ0v) is 19.5. The van der Waals surface area contributed by atoms with Gasteiger partial charge < -0.3 is 26.6 Å². The number of primary amides is 1. The van der Waals surface area contributed by atoms with E-state index in [4.69, 9.17) is 16.2 Å². The van der Waals surface area contributed by atoms with Gasteiger partial charge in [-0.15, -0.1) is 5.10 Å². The first kappa shape index (κ1) is 24.6. The number of nitrogens with one attached hydrogen (secondary N) is 2. The number of amides is 2. The van der Waals surface area contributed by atoms with Gasteiger partial charge in [0.15, 0.2) is 17.2 Å². The van der Waals surface area contributed by atoms with Gasteiger partial charge >= 0.3 is 0 Å². The van der Waals surface area contributed by atoms with E-state index < -0.39 is 11.8 Å². The van der Waals surface area contributed by atoms with Crippen LogP contribution in [0.2, 0.25) is 0 Å². The summed E-state index contributed by atoms with van der Waals surface area (Å²) in [6.07, 6.45) is 1.37. The van der Waals surface area contributed by atoms with Gasteiger partial charge in [0.2, 0.25) is 11.6 Å². The molecule has 4 aromatic rings. The van der Waals surface area contributed by atoms with E-state index in [-0.39, 0.29) is 46.6 Å². The first-order chi connectivity index (χ1) is 17.9. The molecule has 0 radical (unpaired) electrons. The smallest absolute Gasteiger partial charge is 0.293 e. The lowest BCUT2D eigenvalue weighted by molar-refractivity contribution is 0.0947. The molecule has 0 spiro atoms. The molecule has 15 heteroatoms. The van der Waals surface area contributed by atoms with Gasteiger partial charge in [0, 0.05) is 5.69 Å². The molecule has 2 amide bonds. The lowest BCUT2D eigenvalue weighted by Gasteiger charge is -2.11. The van der Waals surface area contributed by atoms with Crippen molar-refractivity contribution in [1.82, 2.24) is 30.7 Å². The highest BCUT2D eigenvalue weighted by Gasteiger charge is 2.24. The van der Waals surface area contributed by atoms with Crippen LogP contribution in [0.5, 0.6) is 11.5 Å². The van der Waals surface area contributed by atoms with Gasteiger partial charge in [-0.3, -0.25) is 9.59 Å². The molecule has 2 heterocycles. The van der Waals surface area contributed by atoms with Crippen LogP contribution in [0.15, 0.2) is 52.2 Å².